The number of aromatic nitrogens is 2. The van der Waals surface area contributed by atoms with E-state index < -0.39 is 17.5 Å². The van der Waals surface area contributed by atoms with Gasteiger partial charge in [-0.2, -0.15) is 0 Å². The molecule has 1 heterocycles. The summed E-state index contributed by atoms with van der Waals surface area (Å²) in [7, 11) is 1.41. The van der Waals surface area contributed by atoms with Crippen molar-refractivity contribution in [3.8, 4) is 11.5 Å². The average Bonchev–Trinajstić information content (AvgIpc) is 3.20. The number of H-pyrrole nitrogens is 1. The van der Waals surface area contributed by atoms with E-state index >= 15 is 4.39 Å². The highest BCUT2D eigenvalue weighted by Gasteiger charge is 2.37. The molecule has 32 heavy (non-hydrogen) atoms. The Balaban J connectivity index is 1.44. The predicted octanol–water partition coefficient (Wildman–Crippen LogP) is 3.71. The maximum absolute atomic E-state index is 15.3. The molecule has 0 unspecified atom stereocenters. The zero-order chi connectivity index (χ0) is 22.9. The summed E-state index contributed by atoms with van der Waals surface area (Å²) in [5.41, 5.74) is -0.377. The first-order valence-electron chi connectivity index (χ1n) is 11.1. The van der Waals surface area contributed by atoms with Crippen LogP contribution in [-0.4, -0.2) is 35.8 Å². The second-order valence-electron chi connectivity index (χ2n) is 9.62. The Morgan fingerprint density at radius 3 is 2.50 bits per heavy atom. The molecule has 2 aliphatic rings. The molecule has 2 fully saturated rings. The van der Waals surface area contributed by atoms with Gasteiger partial charge in [0.15, 0.2) is 17.4 Å². The van der Waals surface area contributed by atoms with Crippen molar-refractivity contribution in [1.29, 1.82) is 0 Å². The van der Waals surface area contributed by atoms with E-state index in [1.165, 1.54) is 13.2 Å². The lowest BCUT2D eigenvalue weighted by Gasteiger charge is -2.38. The van der Waals surface area contributed by atoms with E-state index in [1.807, 2.05) is 6.92 Å². The summed E-state index contributed by atoms with van der Waals surface area (Å²) in [5, 5.41) is 6.69. The highest BCUT2D eigenvalue weighted by atomic mass is 19.1. The van der Waals surface area contributed by atoms with Gasteiger partial charge in [0.1, 0.15) is 11.3 Å². The lowest BCUT2D eigenvalue weighted by molar-refractivity contribution is 0.0877. The summed E-state index contributed by atoms with van der Waals surface area (Å²) in [6.07, 6.45) is 5.74. The standard InChI is InChI=1S/C23H30FN3O5/c1-22(9-4-10-22)13-25-19(28)17-15(30-3)5-6-16(18(17)24)31-14-7-11-23(2,12-8-14)20-26-21(29)32-27-20/h5-6,14H,4,7-13H2,1-3H3,(H,25,28)(H,26,27,29). The second-order valence-corrected chi connectivity index (χ2v) is 9.62. The molecule has 0 saturated heterocycles. The van der Waals surface area contributed by atoms with Crippen LogP contribution in [0.5, 0.6) is 11.5 Å². The van der Waals surface area contributed by atoms with Crippen molar-refractivity contribution in [3.05, 3.63) is 39.9 Å². The van der Waals surface area contributed by atoms with Crippen LogP contribution in [0.3, 0.4) is 0 Å². The van der Waals surface area contributed by atoms with Crippen molar-refractivity contribution in [2.75, 3.05) is 13.7 Å². The van der Waals surface area contributed by atoms with Gasteiger partial charge in [0.2, 0.25) is 0 Å². The molecule has 2 saturated carbocycles. The third kappa shape index (κ3) is 4.38. The normalized spacial score (nSPS) is 24.4. The van der Waals surface area contributed by atoms with Gasteiger partial charge in [0.25, 0.3) is 5.91 Å². The van der Waals surface area contributed by atoms with Gasteiger partial charge in [-0.15, -0.1) is 0 Å². The van der Waals surface area contributed by atoms with Gasteiger partial charge in [-0.05, 0) is 56.1 Å². The number of ether oxygens (including phenoxy) is 2. The fraction of sp³-hybridized carbons (Fsp3) is 0.609. The summed E-state index contributed by atoms with van der Waals surface area (Å²) in [4.78, 5) is 26.7. The quantitative estimate of drug-likeness (QED) is 0.670. The van der Waals surface area contributed by atoms with E-state index in [4.69, 9.17) is 9.47 Å². The third-order valence-corrected chi connectivity index (χ3v) is 7.09. The molecule has 1 amide bonds. The van der Waals surface area contributed by atoms with Crippen LogP contribution >= 0.6 is 0 Å². The number of carbonyl (C=O) groups excluding carboxylic acids is 1. The predicted molar refractivity (Wildman–Crippen MR) is 115 cm³/mol. The van der Waals surface area contributed by atoms with Gasteiger partial charge in [-0.3, -0.25) is 14.3 Å². The number of halogens is 1. The van der Waals surface area contributed by atoms with Gasteiger partial charge in [0, 0.05) is 12.0 Å². The first kappa shape index (κ1) is 22.4. The van der Waals surface area contributed by atoms with Crippen LogP contribution in [0.25, 0.3) is 0 Å². The fourth-order valence-corrected chi connectivity index (χ4v) is 4.60. The van der Waals surface area contributed by atoms with Crippen molar-refractivity contribution in [3.63, 3.8) is 0 Å². The van der Waals surface area contributed by atoms with Crippen LogP contribution in [0.1, 0.15) is 75.0 Å². The number of rotatable bonds is 7. The van der Waals surface area contributed by atoms with Crippen molar-refractivity contribution in [2.24, 2.45) is 5.41 Å². The number of carbonyl (C=O) groups is 1. The minimum Gasteiger partial charge on any atom is -0.496 e. The van der Waals surface area contributed by atoms with Crippen molar-refractivity contribution < 1.29 is 23.2 Å². The average molecular weight is 448 g/mol. The van der Waals surface area contributed by atoms with E-state index in [0.717, 1.165) is 19.3 Å². The Bertz CT molecular complexity index is 1030. The summed E-state index contributed by atoms with van der Waals surface area (Å²) in [6.45, 7) is 4.64. The molecule has 0 aliphatic heterocycles. The fourth-order valence-electron chi connectivity index (χ4n) is 4.60. The minimum absolute atomic E-state index is 0.0363. The van der Waals surface area contributed by atoms with Crippen molar-refractivity contribution in [1.82, 2.24) is 15.5 Å². The van der Waals surface area contributed by atoms with Gasteiger partial charge >= 0.3 is 5.76 Å². The van der Waals surface area contributed by atoms with Gasteiger partial charge in [0.05, 0.1) is 13.2 Å². The van der Waals surface area contributed by atoms with E-state index in [9.17, 15) is 9.59 Å². The molecular weight excluding hydrogens is 417 g/mol. The molecule has 2 aliphatic carbocycles. The van der Waals surface area contributed by atoms with Crippen LogP contribution in [0.2, 0.25) is 0 Å². The molecular formula is C23H30FN3O5. The topological polar surface area (TPSA) is 106 Å². The zero-order valence-corrected chi connectivity index (χ0v) is 18.8. The SMILES string of the molecule is COc1ccc(OC2CCC(C)(c3noc(=O)[nH]3)CC2)c(F)c1C(=O)NCC1(C)CCC1. The first-order chi connectivity index (χ1) is 15.2. The lowest BCUT2D eigenvalue weighted by Crippen LogP contribution is -2.40. The van der Waals surface area contributed by atoms with Crippen LogP contribution in [0.4, 0.5) is 4.39 Å². The second kappa shape index (κ2) is 8.60. The van der Waals surface area contributed by atoms with Crippen molar-refractivity contribution >= 4 is 5.91 Å². The summed E-state index contributed by atoms with van der Waals surface area (Å²) < 4.78 is 31.2. The number of aromatic amines is 1. The number of amides is 1. The largest absolute Gasteiger partial charge is 0.496 e. The molecule has 2 aromatic rings. The maximum Gasteiger partial charge on any atom is 0.438 e. The Kier molecular flexibility index (Phi) is 6.01. The highest BCUT2D eigenvalue weighted by molar-refractivity contribution is 5.97. The van der Waals surface area contributed by atoms with E-state index in [1.54, 1.807) is 6.07 Å². The molecule has 0 atom stereocenters. The molecule has 0 spiro atoms. The van der Waals surface area contributed by atoms with Gasteiger partial charge in [-0.25, -0.2) is 9.18 Å². The Hall–Kier alpha value is -2.84. The zero-order valence-electron chi connectivity index (χ0n) is 18.8. The molecule has 1 aromatic carbocycles. The minimum atomic E-state index is -0.713. The molecule has 8 nitrogen and oxygen atoms in total. The first-order valence-corrected chi connectivity index (χ1v) is 11.1. The lowest BCUT2D eigenvalue weighted by atomic mass is 9.70. The Morgan fingerprint density at radius 2 is 1.94 bits per heavy atom. The number of benzene rings is 1. The molecule has 2 N–H and O–H groups in total. The summed E-state index contributed by atoms with van der Waals surface area (Å²) in [6, 6.07) is 3.06. The number of hydrogen-bond acceptors (Lipinski definition) is 6. The molecule has 0 radical (unpaired) electrons. The molecule has 0 bridgehead atoms. The highest BCUT2D eigenvalue weighted by Crippen LogP contribution is 2.41. The summed E-state index contributed by atoms with van der Waals surface area (Å²) >= 11 is 0. The Morgan fingerprint density at radius 1 is 1.25 bits per heavy atom. The molecule has 174 valence electrons. The molecule has 9 heteroatoms. The van der Waals surface area contributed by atoms with Crippen LogP contribution in [-0.2, 0) is 5.41 Å². The van der Waals surface area contributed by atoms with Crippen LogP contribution in [0.15, 0.2) is 21.5 Å². The van der Waals surface area contributed by atoms with Crippen molar-refractivity contribution in [2.45, 2.75) is 70.3 Å². The van der Waals surface area contributed by atoms with Gasteiger partial charge in [-0.1, -0.05) is 25.4 Å². The Labute approximate surface area is 185 Å². The number of hydrogen-bond donors (Lipinski definition) is 2. The smallest absolute Gasteiger partial charge is 0.438 e. The number of methoxy groups -OCH3 is 1. The molecule has 4 rings (SSSR count). The number of nitrogens with one attached hydrogen (secondary N) is 2. The van der Waals surface area contributed by atoms with E-state index in [-0.39, 0.29) is 34.0 Å². The molecule has 1 aromatic heterocycles. The summed E-state index contributed by atoms with van der Waals surface area (Å²) in [5.74, 6) is -1.04. The van der Waals surface area contributed by atoms with Crippen LogP contribution in [0, 0.1) is 11.2 Å². The number of nitrogens with zero attached hydrogens (tertiary/aromatic N) is 1. The van der Waals surface area contributed by atoms with Crippen LogP contribution < -0.4 is 20.5 Å². The third-order valence-electron chi connectivity index (χ3n) is 7.09. The maximum atomic E-state index is 15.3. The van der Waals surface area contributed by atoms with Gasteiger partial charge < -0.3 is 14.8 Å². The monoisotopic (exact) mass is 447 g/mol. The van der Waals surface area contributed by atoms with E-state index in [0.29, 0.717) is 38.1 Å². The van der Waals surface area contributed by atoms with E-state index in [2.05, 4.69) is 26.9 Å².